The van der Waals surface area contributed by atoms with Crippen LogP contribution in [-0.2, 0) is 16.6 Å². The SMILES string of the molecule is COc1ccc(-c2[nH]ncc2CN2CC[C@@]3(CO)CN(S(C)(=O)=O)C[C@H]3C2)cc1OC. The highest BCUT2D eigenvalue weighted by Crippen LogP contribution is 2.43. The van der Waals surface area contributed by atoms with Crippen molar-refractivity contribution in [3.05, 3.63) is 30.0 Å². The molecule has 10 heteroatoms. The first kappa shape index (κ1) is 22.1. The molecule has 3 heterocycles. The summed E-state index contributed by atoms with van der Waals surface area (Å²) in [6.07, 6.45) is 3.84. The molecule has 2 aromatic rings. The summed E-state index contributed by atoms with van der Waals surface area (Å²) in [5, 5.41) is 17.4. The number of nitrogens with one attached hydrogen (secondary N) is 1. The molecule has 2 aliphatic rings. The first-order valence-electron chi connectivity index (χ1n) is 10.3. The van der Waals surface area contributed by atoms with Gasteiger partial charge in [-0.2, -0.15) is 5.10 Å². The number of piperidine rings is 1. The highest BCUT2D eigenvalue weighted by Gasteiger charge is 2.51. The number of hydrogen-bond donors (Lipinski definition) is 2. The third kappa shape index (κ3) is 4.17. The quantitative estimate of drug-likeness (QED) is 0.652. The molecule has 1 aromatic carbocycles. The van der Waals surface area contributed by atoms with E-state index >= 15 is 0 Å². The van der Waals surface area contributed by atoms with Gasteiger partial charge >= 0.3 is 0 Å². The van der Waals surface area contributed by atoms with Gasteiger partial charge in [0, 0.05) is 42.7 Å². The lowest BCUT2D eigenvalue weighted by atomic mass is 9.73. The average molecular weight is 451 g/mol. The summed E-state index contributed by atoms with van der Waals surface area (Å²) in [4.78, 5) is 2.32. The minimum atomic E-state index is -3.26. The molecule has 2 aliphatic heterocycles. The van der Waals surface area contributed by atoms with E-state index in [1.807, 2.05) is 24.4 Å². The van der Waals surface area contributed by atoms with Crippen LogP contribution in [0.15, 0.2) is 24.4 Å². The lowest BCUT2D eigenvalue weighted by Gasteiger charge is -2.42. The number of sulfonamides is 1. The summed E-state index contributed by atoms with van der Waals surface area (Å²) in [6.45, 7) is 3.11. The summed E-state index contributed by atoms with van der Waals surface area (Å²) in [5.41, 5.74) is 2.59. The van der Waals surface area contributed by atoms with Crippen molar-refractivity contribution in [3.8, 4) is 22.8 Å². The van der Waals surface area contributed by atoms with Gasteiger partial charge in [0.25, 0.3) is 0 Å². The Morgan fingerprint density at radius 2 is 2.03 bits per heavy atom. The number of likely N-dealkylation sites (tertiary alicyclic amines) is 1. The molecule has 0 bridgehead atoms. The van der Waals surface area contributed by atoms with Gasteiger partial charge in [0.2, 0.25) is 10.0 Å². The topological polar surface area (TPSA) is 108 Å². The maximum atomic E-state index is 12.1. The Kier molecular flexibility index (Phi) is 5.99. The normalized spacial score (nSPS) is 24.8. The van der Waals surface area contributed by atoms with Crippen LogP contribution in [0.5, 0.6) is 11.5 Å². The van der Waals surface area contributed by atoms with Crippen LogP contribution in [0.2, 0.25) is 0 Å². The highest BCUT2D eigenvalue weighted by molar-refractivity contribution is 7.88. The number of benzene rings is 1. The molecule has 0 saturated carbocycles. The van der Waals surface area contributed by atoms with Crippen molar-refractivity contribution >= 4 is 10.0 Å². The Balaban J connectivity index is 1.52. The zero-order chi connectivity index (χ0) is 22.2. The summed E-state index contributed by atoms with van der Waals surface area (Å²) in [6, 6.07) is 5.75. The van der Waals surface area contributed by atoms with Crippen LogP contribution in [0.4, 0.5) is 0 Å². The second-order valence-corrected chi connectivity index (χ2v) is 10.6. The summed E-state index contributed by atoms with van der Waals surface area (Å²) >= 11 is 0. The van der Waals surface area contributed by atoms with Gasteiger partial charge in [-0.15, -0.1) is 0 Å². The fourth-order valence-electron chi connectivity index (χ4n) is 4.87. The second kappa shape index (κ2) is 8.42. The van der Waals surface area contributed by atoms with Crippen LogP contribution in [-0.4, -0.2) is 86.2 Å². The number of aromatic nitrogens is 2. The van der Waals surface area contributed by atoms with Gasteiger partial charge in [0.15, 0.2) is 11.5 Å². The standard InChI is InChI=1S/C21H30N4O5S/c1-29-18-5-4-15(8-19(18)30-2)20-16(9-22-23-20)10-24-7-6-21(14-26)13-25(31(3,27)28)12-17(21)11-24/h4-5,8-9,17,26H,6-7,10-14H2,1-3H3,(H,22,23)/t17-,21+/m1/s1. The first-order valence-corrected chi connectivity index (χ1v) is 12.2. The molecule has 2 N–H and O–H groups in total. The highest BCUT2D eigenvalue weighted by atomic mass is 32.2. The lowest BCUT2D eigenvalue weighted by Crippen LogP contribution is -2.48. The molecule has 4 rings (SSSR count). The molecule has 31 heavy (non-hydrogen) atoms. The Morgan fingerprint density at radius 3 is 2.71 bits per heavy atom. The van der Waals surface area contributed by atoms with E-state index < -0.39 is 10.0 Å². The van der Waals surface area contributed by atoms with Crippen molar-refractivity contribution in [1.82, 2.24) is 19.4 Å². The monoisotopic (exact) mass is 450 g/mol. The zero-order valence-corrected chi connectivity index (χ0v) is 19.0. The molecule has 2 fully saturated rings. The molecule has 0 unspecified atom stereocenters. The van der Waals surface area contributed by atoms with Gasteiger partial charge in [-0.1, -0.05) is 0 Å². The third-order valence-electron chi connectivity index (χ3n) is 6.75. The van der Waals surface area contributed by atoms with Crippen LogP contribution < -0.4 is 9.47 Å². The second-order valence-electron chi connectivity index (χ2n) is 8.60. The number of aliphatic hydroxyl groups is 1. The summed E-state index contributed by atoms with van der Waals surface area (Å²) in [5.74, 6) is 1.43. The molecule has 0 aliphatic carbocycles. The van der Waals surface area contributed by atoms with E-state index in [0.717, 1.165) is 36.3 Å². The van der Waals surface area contributed by atoms with Crippen LogP contribution >= 0.6 is 0 Å². The number of H-pyrrole nitrogens is 1. The Bertz CT molecular complexity index is 1040. The summed E-state index contributed by atoms with van der Waals surface area (Å²) in [7, 11) is -0.0488. The van der Waals surface area contributed by atoms with Crippen LogP contribution in [0.3, 0.4) is 0 Å². The van der Waals surface area contributed by atoms with Gasteiger partial charge in [-0.25, -0.2) is 12.7 Å². The Morgan fingerprint density at radius 1 is 1.26 bits per heavy atom. The van der Waals surface area contributed by atoms with Crippen molar-refractivity contribution in [3.63, 3.8) is 0 Å². The number of ether oxygens (including phenoxy) is 2. The van der Waals surface area contributed by atoms with Crippen molar-refractivity contribution in [2.24, 2.45) is 11.3 Å². The van der Waals surface area contributed by atoms with E-state index in [1.54, 1.807) is 14.2 Å². The molecule has 1 aromatic heterocycles. The molecular formula is C21H30N4O5S. The summed E-state index contributed by atoms with van der Waals surface area (Å²) < 4.78 is 36.4. The predicted molar refractivity (Wildman–Crippen MR) is 116 cm³/mol. The Labute approximate surface area is 183 Å². The number of aromatic amines is 1. The molecule has 2 atom stereocenters. The minimum absolute atomic E-state index is 0.0140. The van der Waals surface area contributed by atoms with Crippen molar-refractivity contribution in [1.29, 1.82) is 0 Å². The van der Waals surface area contributed by atoms with E-state index in [2.05, 4.69) is 15.1 Å². The molecule has 9 nitrogen and oxygen atoms in total. The Hall–Kier alpha value is -2.14. The number of fused-ring (bicyclic) bond motifs is 1. The lowest BCUT2D eigenvalue weighted by molar-refractivity contribution is 0.0171. The number of rotatable bonds is 7. The van der Waals surface area contributed by atoms with E-state index in [0.29, 0.717) is 31.1 Å². The third-order valence-corrected chi connectivity index (χ3v) is 7.97. The molecule has 170 valence electrons. The molecule has 0 radical (unpaired) electrons. The average Bonchev–Trinajstić information content (AvgIpc) is 3.38. The number of nitrogens with zero attached hydrogens (tertiary/aromatic N) is 3. The van der Waals surface area contributed by atoms with Crippen LogP contribution in [0.1, 0.15) is 12.0 Å². The van der Waals surface area contributed by atoms with E-state index in [-0.39, 0.29) is 17.9 Å². The van der Waals surface area contributed by atoms with Crippen LogP contribution in [0.25, 0.3) is 11.3 Å². The molecular weight excluding hydrogens is 420 g/mol. The molecule has 2 saturated heterocycles. The largest absolute Gasteiger partial charge is 0.493 e. The van der Waals surface area contributed by atoms with Gasteiger partial charge in [-0.3, -0.25) is 10.00 Å². The zero-order valence-electron chi connectivity index (χ0n) is 18.2. The van der Waals surface area contributed by atoms with E-state index in [9.17, 15) is 13.5 Å². The fraction of sp³-hybridized carbons (Fsp3) is 0.571. The smallest absolute Gasteiger partial charge is 0.211 e. The number of aliphatic hydroxyl groups excluding tert-OH is 1. The molecule has 0 amide bonds. The maximum Gasteiger partial charge on any atom is 0.211 e. The van der Waals surface area contributed by atoms with Crippen molar-refractivity contribution < 1.29 is 23.0 Å². The number of methoxy groups -OCH3 is 2. The fourth-order valence-corrected chi connectivity index (χ4v) is 5.81. The van der Waals surface area contributed by atoms with Crippen molar-refractivity contribution in [2.75, 3.05) is 53.3 Å². The molecule has 0 spiro atoms. The minimum Gasteiger partial charge on any atom is -0.493 e. The van der Waals surface area contributed by atoms with Gasteiger partial charge in [0.1, 0.15) is 0 Å². The maximum absolute atomic E-state index is 12.1. The predicted octanol–water partition coefficient (Wildman–Crippen LogP) is 1.17. The van der Waals surface area contributed by atoms with Gasteiger partial charge in [-0.05, 0) is 37.1 Å². The first-order chi connectivity index (χ1) is 14.8. The van der Waals surface area contributed by atoms with E-state index in [4.69, 9.17) is 9.47 Å². The van der Waals surface area contributed by atoms with Crippen molar-refractivity contribution in [2.45, 2.75) is 13.0 Å². The van der Waals surface area contributed by atoms with Gasteiger partial charge in [0.05, 0.1) is 39.0 Å². The van der Waals surface area contributed by atoms with E-state index in [1.165, 1.54) is 10.6 Å². The number of hydrogen-bond acceptors (Lipinski definition) is 7. The van der Waals surface area contributed by atoms with Crippen LogP contribution in [0, 0.1) is 11.3 Å². The van der Waals surface area contributed by atoms with Gasteiger partial charge < -0.3 is 14.6 Å².